The van der Waals surface area contributed by atoms with Gasteiger partial charge in [-0.3, -0.25) is 0 Å². The smallest absolute Gasteiger partial charge is 0.338 e. The van der Waals surface area contributed by atoms with Gasteiger partial charge in [0.1, 0.15) is 0 Å². The van der Waals surface area contributed by atoms with Gasteiger partial charge in [-0.15, -0.1) is 0 Å². The lowest BCUT2D eigenvalue weighted by Crippen LogP contribution is -2.37. The summed E-state index contributed by atoms with van der Waals surface area (Å²) in [5.74, 6) is -1.83. The van der Waals surface area contributed by atoms with Gasteiger partial charge in [0.2, 0.25) is 6.17 Å². The van der Waals surface area contributed by atoms with Gasteiger partial charge >= 0.3 is 5.97 Å². The highest BCUT2D eigenvalue weighted by molar-refractivity contribution is 5.72. The monoisotopic (exact) mass is 190 g/mol. The molecule has 0 saturated heterocycles. The Bertz CT molecular complexity index is 184. The van der Waals surface area contributed by atoms with E-state index in [2.05, 4.69) is 0 Å². The zero-order valence-corrected chi connectivity index (χ0v) is 7.70. The number of carbonyl (C=O) groups is 1. The summed E-state index contributed by atoms with van der Waals surface area (Å²) in [6.45, 7) is 0. The first kappa shape index (κ1) is 10.4. The Morgan fingerprint density at radius 2 is 2.15 bits per heavy atom. The summed E-state index contributed by atoms with van der Waals surface area (Å²) in [7, 11) is 1.51. The van der Waals surface area contributed by atoms with E-state index < -0.39 is 18.1 Å². The van der Waals surface area contributed by atoms with E-state index in [0.717, 1.165) is 19.3 Å². The molecule has 0 aromatic carbocycles. The molecule has 0 aromatic rings. The average Bonchev–Trinajstić information content (AvgIpc) is 2.16. The number of hydrogen-bond donors (Lipinski definition) is 1. The van der Waals surface area contributed by atoms with Crippen molar-refractivity contribution in [3.63, 3.8) is 0 Å². The van der Waals surface area contributed by atoms with Gasteiger partial charge in [0.25, 0.3) is 0 Å². The first-order valence-electron chi connectivity index (χ1n) is 4.56. The van der Waals surface area contributed by atoms with Crippen LogP contribution in [0.3, 0.4) is 0 Å². The summed E-state index contributed by atoms with van der Waals surface area (Å²) < 4.78 is 18.2. The molecule has 0 heterocycles. The molecule has 0 aromatic heterocycles. The molecule has 3 nitrogen and oxygen atoms in total. The number of methoxy groups -OCH3 is 1. The lowest BCUT2D eigenvalue weighted by atomic mass is 9.83. The second-order valence-corrected chi connectivity index (χ2v) is 3.46. The van der Waals surface area contributed by atoms with E-state index in [1.54, 1.807) is 0 Å². The van der Waals surface area contributed by atoms with E-state index >= 15 is 0 Å². The summed E-state index contributed by atoms with van der Waals surface area (Å²) in [5.41, 5.74) is 0. The zero-order chi connectivity index (χ0) is 9.84. The molecule has 1 fully saturated rings. The lowest BCUT2D eigenvalue weighted by molar-refractivity contribution is -0.148. The minimum Gasteiger partial charge on any atom is -0.479 e. The second kappa shape index (κ2) is 4.56. The molecule has 1 aliphatic rings. The molecule has 3 unspecified atom stereocenters. The Morgan fingerprint density at radius 1 is 1.54 bits per heavy atom. The Labute approximate surface area is 76.9 Å². The lowest BCUT2D eigenvalue weighted by Gasteiger charge is -2.30. The van der Waals surface area contributed by atoms with Crippen molar-refractivity contribution in [2.45, 2.75) is 38.0 Å². The number of ether oxygens (including phenoxy) is 1. The fraction of sp³-hybridized carbons (Fsp3) is 0.889. The van der Waals surface area contributed by atoms with Crippen LogP contribution in [0.2, 0.25) is 0 Å². The normalized spacial score (nSPS) is 31.2. The Hall–Kier alpha value is -0.640. The van der Waals surface area contributed by atoms with Crippen LogP contribution in [0.15, 0.2) is 0 Å². The summed E-state index contributed by atoms with van der Waals surface area (Å²) >= 11 is 0. The van der Waals surface area contributed by atoms with E-state index in [0.29, 0.717) is 6.42 Å². The number of carboxylic acid groups (broad SMARTS) is 1. The number of rotatable bonds is 3. The number of alkyl halides is 1. The molecular weight excluding hydrogens is 175 g/mol. The van der Waals surface area contributed by atoms with Gasteiger partial charge < -0.3 is 9.84 Å². The molecule has 0 bridgehead atoms. The summed E-state index contributed by atoms with van der Waals surface area (Å²) in [4.78, 5) is 10.4. The summed E-state index contributed by atoms with van der Waals surface area (Å²) in [5, 5.41) is 8.52. The number of hydrogen-bond acceptors (Lipinski definition) is 2. The minimum atomic E-state index is -1.77. The molecule has 13 heavy (non-hydrogen) atoms. The van der Waals surface area contributed by atoms with Crippen LogP contribution in [-0.2, 0) is 9.53 Å². The molecule has 0 aliphatic heterocycles. The van der Waals surface area contributed by atoms with Crippen molar-refractivity contribution in [1.29, 1.82) is 0 Å². The molecule has 1 rings (SSSR count). The van der Waals surface area contributed by atoms with Crippen LogP contribution in [-0.4, -0.2) is 30.5 Å². The Balaban J connectivity index is 2.58. The van der Waals surface area contributed by atoms with Crippen molar-refractivity contribution < 1.29 is 19.0 Å². The molecule has 1 aliphatic carbocycles. The maximum Gasteiger partial charge on any atom is 0.338 e. The van der Waals surface area contributed by atoms with Crippen LogP contribution in [0.5, 0.6) is 0 Å². The van der Waals surface area contributed by atoms with E-state index in [4.69, 9.17) is 9.84 Å². The number of aliphatic carboxylic acids is 1. The number of carboxylic acids is 1. The highest BCUT2D eigenvalue weighted by Crippen LogP contribution is 2.30. The van der Waals surface area contributed by atoms with E-state index in [-0.39, 0.29) is 6.10 Å². The third-order valence-electron chi connectivity index (χ3n) is 2.67. The van der Waals surface area contributed by atoms with Crippen molar-refractivity contribution in [3.05, 3.63) is 0 Å². The Morgan fingerprint density at radius 3 is 2.69 bits per heavy atom. The van der Waals surface area contributed by atoms with Gasteiger partial charge in [0.15, 0.2) is 0 Å². The fourth-order valence-corrected chi connectivity index (χ4v) is 1.94. The summed E-state index contributed by atoms with van der Waals surface area (Å²) in [6, 6.07) is 0. The third-order valence-corrected chi connectivity index (χ3v) is 2.67. The molecule has 3 atom stereocenters. The Kier molecular flexibility index (Phi) is 3.66. The highest BCUT2D eigenvalue weighted by Gasteiger charge is 2.36. The standard InChI is InChI=1S/C9H15FO3/c1-13-7-5-3-2-4-6(7)8(10)9(11)12/h6-8H,2-5H2,1H3,(H,11,12). The molecule has 4 heteroatoms. The van der Waals surface area contributed by atoms with Gasteiger partial charge in [0, 0.05) is 13.0 Å². The van der Waals surface area contributed by atoms with Crippen molar-refractivity contribution in [3.8, 4) is 0 Å². The maximum absolute atomic E-state index is 13.2. The van der Waals surface area contributed by atoms with Crippen molar-refractivity contribution >= 4 is 5.97 Å². The van der Waals surface area contributed by atoms with Gasteiger partial charge in [0.05, 0.1) is 6.10 Å². The van der Waals surface area contributed by atoms with Gasteiger partial charge in [-0.25, -0.2) is 9.18 Å². The summed E-state index contributed by atoms with van der Waals surface area (Å²) in [6.07, 6.45) is 1.30. The first-order valence-corrected chi connectivity index (χ1v) is 4.56. The molecular formula is C9H15FO3. The van der Waals surface area contributed by atoms with Gasteiger partial charge in [-0.1, -0.05) is 12.8 Å². The van der Waals surface area contributed by atoms with Gasteiger partial charge in [-0.2, -0.15) is 0 Å². The average molecular weight is 190 g/mol. The molecule has 76 valence electrons. The first-order chi connectivity index (χ1) is 6.16. The largest absolute Gasteiger partial charge is 0.479 e. The third kappa shape index (κ3) is 2.40. The van der Waals surface area contributed by atoms with E-state index in [9.17, 15) is 9.18 Å². The SMILES string of the molecule is COC1CCCCC1C(F)C(=O)O. The molecule has 1 saturated carbocycles. The molecule has 1 N–H and O–H groups in total. The predicted octanol–water partition coefficient (Wildman–Crippen LogP) is 1.61. The fourth-order valence-electron chi connectivity index (χ4n) is 1.94. The number of halogens is 1. The molecule has 0 spiro atoms. The van der Waals surface area contributed by atoms with Crippen molar-refractivity contribution in [1.82, 2.24) is 0 Å². The minimum absolute atomic E-state index is 0.222. The zero-order valence-electron chi connectivity index (χ0n) is 7.70. The van der Waals surface area contributed by atoms with Crippen molar-refractivity contribution in [2.75, 3.05) is 7.11 Å². The van der Waals surface area contributed by atoms with Crippen LogP contribution in [0.4, 0.5) is 4.39 Å². The van der Waals surface area contributed by atoms with Gasteiger partial charge in [-0.05, 0) is 12.8 Å². The maximum atomic E-state index is 13.2. The van der Waals surface area contributed by atoms with Crippen LogP contribution in [0.1, 0.15) is 25.7 Å². The molecule has 0 radical (unpaired) electrons. The van der Waals surface area contributed by atoms with Crippen LogP contribution in [0.25, 0.3) is 0 Å². The predicted molar refractivity (Wildman–Crippen MR) is 45.3 cm³/mol. The van der Waals surface area contributed by atoms with Crippen LogP contribution < -0.4 is 0 Å². The van der Waals surface area contributed by atoms with E-state index in [1.807, 2.05) is 0 Å². The highest BCUT2D eigenvalue weighted by atomic mass is 19.1. The topological polar surface area (TPSA) is 46.5 Å². The van der Waals surface area contributed by atoms with Crippen LogP contribution >= 0.6 is 0 Å². The van der Waals surface area contributed by atoms with Crippen LogP contribution in [0, 0.1) is 5.92 Å². The quantitative estimate of drug-likeness (QED) is 0.735. The second-order valence-electron chi connectivity index (χ2n) is 3.46. The molecule has 0 amide bonds. The van der Waals surface area contributed by atoms with E-state index in [1.165, 1.54) is 7.11 Å². The van der Waals surface area contributed by atoms with Crippen molar-refractivity contribution in [2.24, 2.45) is 5.92 Å².